The van der Waals surface area contributed by atoms with Crippen LogP contribution < -0.4 is 14.2 Å². The fraction of sp³-hybridized carbons (Fsp3) is 0.238. The van der Waals surface area contributed by atoms with Crippen LogP contribution in [0.15, 0.2) is 40.2 Å². The smallest absolute Gasteiger partial charge is 0.266 e. The molecule has 0 atom stereocenters. The molecule has 2 aliphatic heterocycles. The molecule has 0 N–H and O–H groups in total. The van der Waals surface area contributed by atoms with Crippen molar-refractivity contribution in [3.63, 3.8) is 0 Å². The molecule has 6 nitrogen and oxygen atoms in total. The first kappa shape index (κ1) is 18.4. The van der Waals surface area contributed by atoms with Gasteiger partial charge >= 0.3 is 0 Å². The molecule has 0 unspecified atom stereocenters. The highest BCUT2D eigenvalue weighted by Crippen LogP contribution is 2.41. The van der Waals surface area contributed by atoms with Gasteiger partial charge in [0.05, 0.1) is 17.7 Å². The van der Waals surface area contributed by atoms with Crippen LogP contribution in [0.5, 0.6) is 17.2 Å². The number of fused-ring (bicyclic) bond motifs is 1. The van der Waals surface area contributed by atoms with Gasteiger partial charge in [0.1, 0.15) is 5.75 Å². The Morgan fingerprint density at radius 2 is 1.89 bits per heavy atom. The molecule has 2 aromatic rings. The number of carbonyl (C=O) groups is 1. The minimum Gasteiger partial charge on any atom is -0.496 e. The molecule has 2 aromatic carbocycles. The first-order valence-electron chi connectivity index (χ1n) is 8.77. The highest BCUT2D eigenvalue weighted by atomic mass is 32.2. The molecule has 1 saturated heterocycles. The average molecular weight is 396 g/mol. The Balaban J connectivity index is 1.67. The number of nitrogens with zero attached hydrogens (tertiary/aromatic N) is 2. The third-order valence-electron chi connectivity index (χ3n) is 4.73. The third kappa shape index (κ3) is 3.33. The van der Waals surface area contributed by atoms with Crippen LogP contribution in [0, 0.1) is 13.8 Å². The Morgan fingerprint density at radius 3 is 2.61 bits per heavy atom. The highest BCUT2D eigenvalue weighted by Gasteiger charge is 2.31. The van der Waals surface area contributed by atoms with Crippen LogP contribution in [-0.2, 0) is 4.79 Å². The molecule has 0 radical (unpaired) electrons. The number of hydrogen-bond acceptors (Lipinski definition) is 6. The van der Waals surface area contributed by atoms with E-state index in [1.54, 1.807) is 31.2 Å². The zero-order chi connectivity index (χ0) is 19.8. The number of benzene rings is 2. The predicted molar refractivity (Wildman–Crippen MR) is 110 cm³/mol. The summed E-state index contributed by atoms with van der Waals surface area (Å²) < 4.78 is 16.3. The lowest BCUT2D eigenvalue weighted by atomic mass is 10.1. The van der Waals surface area contributed by atoms with Crippen LogP contribution in [0.25, 0.3) is 6.08 Å². The van der Waals surface area contributed by atoms with E-state index in [1.807, 2.05) is 31.2 Å². The topological polar surface area (TPSA) is 60.4 Å². The first-order chi connectivity index (χ1) is 13.5. The largest absolute Gasteiger partial charge is 0.496 e. The molecule has 7 heteroatoms. The Hall–Kier alpha value is -2.93. The van der Waals surface area contributed by atoms with E-state index in [1.165, 1.54) is 22.9 Å². The van der Waals surface area contributed by atoms with Gasteiger partial charge in [-0.25, -0.2) is 4.99 Å². The summed E-state index contributed by atoms with van der Waals surface area (Å²) in [6.07, 6.45) is 1.80. The van der Waals surface area contributed by atoms with Crippen molar-refractivity contribution in [2.24, 2.45) is 4.99 Å². The van der Waals surface area contributed by atoms with Crippen molar-refractivity contribution in [1.29, 1.82) is 0 Å². The first-order valence-corrected chi connectivity index (χ1v) is 9.59. The molecule has 28 heavy (non-hydrogen) atoms. The molecule has 144 valence electrons. The van der Waals surface area contributed by atoms with Crippen molar-refractivity contribution >= 4 is 34.6 Å². The minimum atomic E-state index is -0.104. The number of methoxy groups -OCH3 is 1. The van der Waals surface area contributed by atoms with Crippen molar-refractivity contribution in [1.82, 2.24) is 4.90 Å². The number of carbonyl (C=O) groups excluding carboxylic acids is 1. The number of amides is 1. The van der Waals surface area contributed by atoms with E-state index >= 15 is 0 Å². The molecule has 0 saturated carbocycles. The summed E-state index contributed by atoms with van der Waals surface area (Å²) in [7, 11) is 3.31. The van der Waals surface area contributed by atoms with E-state index in [0.717, 1.165) is 11.3 Å². The van der Waals surface area contributed by atoms with Gasteiger partial charge in [-0.3, -0.25) is 9.69 Å². The van der Waals surface area contributed by atoms with Gasteiger partial charge in [0.15, 0.2) is 16.7 Å². The summed E-state index contributed by atoms with van der Waals surface area (Å²) in [6.45, 7) is 4.29. The molecule has 0 aromatic heterocycles. The fourth-order valence-corrected chi connectivity index (χ4v) is 3.90. The maximum atomic E-state index is 12.7. The summed E-state index contributed by atoms with van der Waals surface area (Å²) >= 11 is 1.34. The molecule has 0 aliphatic carbocycles. The summed E-state index contributed by atoms with van der Waals surface area (Å²) in [5.74, 6) is 1.79. The molecule has 4 rings (SSSR count). The van der Waals surface area contributed by atoms with Crippen LogP contribution in [0.1, 0.15) is 16.7 Å². The molecular weight excluding hydrogens is 376 g/mol. The van der Waals surface area contributed by atoms with Crippen molar-refractivity contribution < 1.29 is 19.0 Å². The molecule has 2 aliphatic rings. The van der Waals surface area contributed by atoms with Gasteiger partial charge < -0.3 is 14.2 Å². The lowest BCUT2D eigenvalue weighted by Crippen LogP contribution is -2.23. The number of aryl methyl sites for hydroxylation is 2. The third-order valence-corrected chi connectivity index (χ3v) is 5.79. The Morgan fingerprint density at radius 1 is 1.14 bits per heavy atom. The van der Waals surface area contributed by atoms with Crippen molar-refractivity contribution in [3.8, 4) is 17.2 Å². The molecule has 1 amide bonds. The van der Waals surface area contributed by atoms with E-state index in [4.69, 9.17) is 14.2 Å². The van der Waals surface area contributed by atoms with Crippen LogP contribution in [0.2, 0.25) is 0 Å². The monoisotopic (exact) mass is 396 g/mol. The number of likely N-dealkylation sites (N-methyl/N-ethyl adjacent to an activating group) is 1. The van der Waals surface area contributed by atoms with Crippen LogP contribution in [0.3, 0.4) is 0 Å². The molecule has 2 heterocycles. The fourth-order valence-electron chi connectivity index (χ4n) is 2.93. The Labute approximate surface area is 167 Å². The van der Waals surface area contributed by atoms with Gasteiger partial charge in [0.25, 0.3) is 5.91 Å². The summed E-state index contributed by atoms with van der Waals surface area (Å²) in [6, 6.07) is 9.60. The van der Waals surface area contributed by atoms with Gasteiger partial charge in [-0.1, -0.05) is 6.07 Å². The number of amidine groups is 1. The normalized spacial score (nSPS) is 18.4. The Bertz CT molecular complexity index is 1030. The summed E-state index contributed by atoms with van der Waals surface area (Å²) in [4.78, 5) is 19.5. The number of hydrogen-bond donors (Lipinski definition) is 0. The number of aliphatic imine (C=N–C) groups is 1. The second-order valence-electron chi connectivity index (χ2n) is 6.59. The SMILES string of the molecule is COc1cc2c(cc1/C=C1\SC(=Nc3ccc(C)c(C)c3)N(C)C1=O)OCO2. The maximum absolute atomic E-state index is 12.7. The quantitative estimate of drug-likeness (QED) is 0.725. The van der Waals surface area contributed by atoms with E-state index in [-0.39, 0.29) is 12.7 Å². The molecule has 0 bridgehead atoms. The highest BCUT2D eigenvalue weighted by molar-refractivity contribution is 8.18. The van der Waals surface area contributed by atoms with Gasteiger partial charge in [-0.15, -0.1) is 0 Å². The van der Waals surface area contributed by atoms with Crippen LogP contribution >= 0.6 is 11.8 Å². The van der Waals surface area contributed by atoms with E-state index in [0.29, 0.717) is 27.3 Å². The maximum Gasteiger partial charge on any atom is 0.266 e. The van der Waals surface area contributed by atoms with E-state index in [2.05, 4.69) is 11.9 Å². The Kier molecular flexibility index (Phi) is 4.77. The van der Waals surface area contributed by atoms with Crippen LogP contribution in [0.4, 0.5) is 5.69 Å². The van der Waals surface area contributed by atoms with Crippen LogP contribution in [-0.4, -0.2) is 36.9 Å². The molecule has 0 spiro atoms. The predicted octanol–water partition coefficient (Wildman–Crippen LogP) is 4.27. The van der Waals surface area contributed by atoms with Crippen molar-refractivity contribution in [3.05, 3.63) is 51.9 Å². The zero-order valence-electron chi connectivity index (χ0n) is 16.1. The average Bonchev–Trinajstić information content (AvgIpc) is 3.24. The zero-order valence-corrected chi connectivity index (χ0v) is 16.9. The van der Waals surface area contributed by atoms with Gasteiger partial charge in [0, 0.05) is 18.7 Å². The second kappa shape index (κ2) is 7.24. The van der Waals surface area contributed by atoms with E-state index < -0.39 is 0 Å². The standard InChI is InChI=1S/C21H20N2O4S/c1-12-5-6-15(7-13(12)2)22-21-23(3)20(24)19(28-21)9-14-8-17-18(27-11-26-17)10-16(14)25-4/h5-10H,11H2,1-4H3/b19-9-,22-21?. The van der Waals surface area contributed by atoms with Crippen molar-refractivity contribution in [2.45, 2.75) is 13.8 Å². The van der Waals surface area contributed by atoms with E-state index in [9.17, 15) is 4.79 Å². The minimum absolute atomic E-state index is 0.104. The van der Waals surface area contributed by atoms with Gasteiger partial charge in [0.2, 0.25) is 6.79 Å². The molecule has 1 fully saturated rings. The lowest BCUT2D eigenvalue weighted by Gasteiger charge is -2.08. The molecular formula is C21H20N2O4S. The lowest BCUT2D eigenvalue weighted by molar-refractivity contribution is -0.121. The summed E-state index contributed by atoms with van der Waals surface area (Å²) in [5.41, 5.74) is 3.96. The van der Waals surface area contributed by atoms with Crippen molar-refractivity contribution in [2.75, 3.05) is 21.0 Å². The van der Waals surface area contributed by atoms with Gasteiger partial charge in [-0.2, -0.15) is 0 Å². The number of ether oxygens (including phenoxy) is 3. The summed E-state index contributed by atoms with van der Waals surface area (Å²) in [5, 5.41) is 0.638. The number of rotatable bonds is 3. The second-order valence-corrected chi connectivity index (χ2v) is 7.59. The number of thioether (sulfide) groups is 1. The van der Waals surface area contributed by atoms with Gasteiger partial charge in [-0.05, 0) is 61.0 Å².